The van der Waals surface area contributed by atoms with E-state index in [1.54, 1.807) is 0 Å². The van der Waals surface area contributed by atoms with Gasteiger partial charge in [0.05, 0.1) is 0 Å². The molecule has 2 aromatic rings. The van der Waals surface area contributed by atoms with Crippen LogP contribution in [0, 0.1) is 0 Å². The van der Waals surface area contributed by atoms with Crippen LogP contribution in [0.3, 0.4) is 0 Å². The summed E-state index contributed by atoms with van der Waals surface area (Å²) in [5.41, 5.74) is 1.20. The summed E-state index contributed by atoms with van der Waals surface area (Å²) in [5, 5.41) is 5.53. The van der Waals surface area contributed by atoms with E-state index in [-0.39, 0.29) is 6.04 Å². The van der Waals surface area contributed by atoms with Crippen molar-refractivity contribution in [1.29, 1.82) is 0 Å². The van der Waals surface area contributed by atoms with E-state index in [1.807, 2.05) is 30.5 Å². The van der Waals surface area contributed by atoms with Crippen LogP contribution in [0.1, 0.15) is 22.9 Å². The van der Waals surface area contributed by atoms with Gasteiger partial charge in [-0.05, 0) is 37.4 Å². The van der Waals surface area contributed by atoms with Crippen LogP contribution < -0.4 is 14.8 Å². The third-order valence-corrected chi connectivity index (χ3v) is 4.52. The monoisotopic (exact) mass is 289 g/mol. The predicted molar refractivity (Wildman–Crippen MR) is 81.9 cm³/mol. The average Bonchev–Trinajstić information content (AvgIpc) is 3.01. The van der Waals surface area contributed by atoms with Gasteiger partial charge in [0.15, 0.2) is 11.5 Å². The lowest BCUT2D eigenvalue weighted by Gasteiger charge is -2.25. The molecule has 3 rings (SSSR count). The van der Waals surface area contributed by atoms with Crippen LogP contribution in [0.25, 0.3) is 0 Å². The van der Waals surface area contributed by atoms with Crippen molar-refractivity contribution in [3.05, 3.63) is 46.2 Å². The Hall–Kier alpha value is -1.52. The van der Waals surface area contributed by atoms with E-state index in [1.165, 1.54) is 10.4 Å². The molecule has 0 radical (unpaired) electrons. The maximum atomic E-state index is 5.81. The average molecular weight is 289 g/mol. The second kappa shape index (κ2) is 6.29. The van der Waals surface area contributed by atoms with Crippen LogP contribution in [0.15, 0.2) is 35.7 Å². The number of para-hydroxylation sites is 1. The SMILES string of the molecule is CNC(CCc1cccs1)c1cccc2c1OCCO2. The Morgan fingerprint density at radius 2 is 2.10 bits per heavy atom. The van der Waals surface area contributed by atoms with Gasteiger partial charge in [0.1, 0.15) is 13.2 Å². The van der Waals surface area contributed by atoms with Crippen molar-refractivity contribution in [2.75, 3.05) is 20.3 Å². The number of fused-ring (bicyclic) bond motifs is 1. The van der Waals surface area contributed by atoms with E-state index in [2.05, 4.69) is 28.9 Å². The van der Waals surface area contributed by atoms with Gasteiger partial charge < -0.3 is 14.8 Å². The Morgan fingerprint density at radius 1 is 1.20 bits per heavy atom. The number of benzene rings is 1. The zero-order valence-corrected chi connectivity index (χ0v) is 12.4. The Labute approximate surface area is 123 Å². The number of aryl methyl sites for hydroxylation is 1. The first-order valence-corrected chi connectivity index (χ1v) is 7.84. The minimum Gasteiger partial charge on any atom is -0.486 e. The molecule has 3 nitrogen and oxygen atoms in total. The van der Waals surface area contributed by atoms with E-state index >= 15 is 0 Å². The molecular formula is C16H19NO2S. The van der Waals surface area contributed by atoms with Crippen molar-refractivity contribution in [2.24, 2.45) is 0 Å². The lowest BCUT2D eigenvalue weighted by Crippen LogP contribution is -2.21. The van der Waals surface area contributed by atoms with Gasteiger partial charge in [-0.3, -0.25) is 0 Å². The topological polar surface area (TPSA) is 30.5 Å². The van der Waals surface area contributed by atoms with Gasteiger partial charge in [-0.1, -0.05) is 18.2 Å². The quantitative estimate of drug-likeness (QED) is 0.915. The summed E-state index contributed by atoms with van der Waals surface area (Å²) in [6.45, 7) is 1.27. The lowest BCUT2D eigenvalue weighted by molar-refractivity contribution is 0.168. The summed E-state index contributed by atoms with van der Waals surface area (Å²) in [7, 11) is 2.00. The summed E-state index contributed by atoms with van der Waals surface area (Å²) >= 11 is 1.82. The highest BCUT2D eigenvalue weighted by Crippen LogP contribution is 2.38. The van der Waals surface area contributed by atoms with Crippen LogP contribution in [0.2, 0.25) is 0 Å². The van der Waals surface area contributed by atoms with Crippen molar-refractivity contribution in [3.63, 3.8) is 0 Å². The Balaban J connectivity index is 1.78. The largest absolute Gasteiger partial charge is 0.486 e. The van der Waals surface area contributed by atoms with Gasteiger partial charge in [-0.15, -0.1) is 11.3 Å². The molecule has 0 saturated heterocycles. The number of thiophene rings is 1. The lowest BCUT2D eigenvalue weighted by atomic mass is 10.00. The minimum absolute atomic E-state index is 0.286. The van der Waals surface area contributed by atoms with Crippen molar-refractivity contribution in [2.45, 2.75) is 18.9 Å². The molecule has 2 heterocycles. The summed E-state index contributed by atoms with van der Waals surface area (Å²) in [6.07, 6.45) is 2.13. The fraction of sp³-hybridized carbons (Fsp3) is 0.375. The van der Waals surface area contributed by atoms with Crippen LogP contribution in [-0.4, -0.2) is 20.3 Å². The van der Waals surface area contributed by atoms with Crippen LogP contribution in [0.4, 0.5) is 0 Å². The second-order valence-electron chi connectivity index (χ2n) is 4.83. The molecule has 0 saturated carbocycles. The van der Waals surface area contributed by atoms with E-state index in [0.29, 0.717) is 13.2 Å². The zero-order chi connectivity index (χ0) is 13.8. The molecule has 0 fully saturated rings. The Bertz CT molecular complexity index is 554. The van der Waals surface area contributed by atoms with Crippen LogP contribution in [-0.2, 0) is 6.42 Å². The first-order chi connectivity index (χ1) is 9.88. The molecule has 1 aliphatic rings. The third-order valence-electron chi connectivity index (χ3n) is 3.58. The van der Waals surface area contributed by atoms with E-state index in [9.17, 15) is 0 Å². The van der Waals surface area contributed by atoms with Crippen molar-refractivity contribution < 1.29 is 9.47 Å². The summed E-state index contributed by atoms with van der Waals surface area (Å²) in [6, 6.07) is 10.7. The van der Waals surface area contributed by atoms with E-state index in [0.717, 1.165) is 24.3 Å². The highest BCUT2D eigenvalue weighted by molar-refractivity contribution is 7.09. The molecule has 0 spiro atoms. The third kappa shape index (κ3) is 2.81. The molecule has 0 amide bonds. The van der Waals surface area contributed by atoms with Gasteiger partial charge in [0, 0.05) is 16.5 Å². The standard InChI is InChI=1S/C16H19NO2S/c1-17-14(8-7-12-4-3-11-20-12)13-5-2-6-15-16(13)19-10-9-18-15/h2-6,11,14,17H,7-10H2,1H3. The first kappa shape index (κ1) is 13.5. The summed E-state index contributed by atoms with van der Waals surface area (Å²) in [5.74, 6) is 1.77. The molecule has 20 heavy (non-hydrogen) atoms. The molecule has 1 unspecified atom stereocenters. The second-order valence-corrected chi connectivity index (χ2v) is 5.86. The molecule has 1 aromatic carbocycles. The fourth-order valence-electron chi connectivity index (χ4n) is 2.57. The summed E-state index contributed by atoms with van der Waals surface area (Å²) in [4.78, 5) is 1.42. The molecule has 0 bridgehead atoms. The molecule has 1 aromatic heterocycles. The smallest absolute Gasteiger partial charge is 0.166 e. The normalized spacial score (nSPS) is 15.1. The van der Waals surface area contributed by atoms with Crippen molar-refractivity contribution in [1.82, 2.24) is 5.32 Å². The highest BCUT2D eigenvalue weighted by Gasteiger charge is 2.21. The van der Waals surface area contributed by atoms with Crippen molar-refractivity contribution in [3.8, 4) is 11.5 Å². The Morgan fingerprint density at radius 3 is 2.90 bits per heavy atom. The van der Waals surface area contributed by atoms with Crippen LogP contribution in [0.5, 0.6) is 11.5 Å². The molecular weight excluding hydrogens is 270 g/mol. The van der Waals surface area contributed by atoms with Gasteiger partial charge >= 0.3 is 0 Å². The molecule has 106 valence electrons. The number of ether oxygens (including phenoxy) is 2. The van der Waals surface area contributed by atoms with Gasteiger partial charge in [-0.2, -0.15) is 0 Å². The number of nitrogens with one attached hydrogen (secondary N) is 1. The van der Waals surface area contributed by atoms with E-state index < -0.39 is 0 Å². The zero-order valence-electron chi connectivity index (χ0n) is 11.6. The molecule has 1 atom stereocenters. The van der Waals surface area contributed by atoms with Crippen LogP contribution >= 0.6 is 11.3 Å². The maximum Gasteiger partial charge on any atom is 0.166 e. The van der Waals surface area contributed by atoms with Gasteiger partial charge in [0.25, 0.3) is 0 Å². The highest BCUT2D eigenvalue weighted by atomic mass is 32.1. The maximum absolute atomic E-state index is 5.81. The predicted octanol–water partition coefficient (Wildman–Crippen LogP) is 3.41. The number of rotatable bonds is 5. The van der Waals surface area contributed by atoms with E-state index in [4.69, 9.17) is 9.47 Å². The molecule has 1 aliphatic heterocycles. The summed E-state index contributed by atoms with van der Waals surface area (Å²) < 4.78 is 11.5. The molecule has 1 N–H and O–H groups in total. The molecule has 0 aliphatic carbocycles. The van der Waals surface area contributed by atoms with Gasteiger partial charge in [0.2, 0.25) is 0 Å². The van der Waals surface area contributed by atoms with Gasteiger partial charge in [-0.25, -0.2) is 0 Å². The number of hydrogen-bond donors (Lipinski definition) is 1. The fourth-order valence-corrected chi connectivity index (χ4v) is 3.29. The number of hydrogen-bond acceptors (Lipinski definition) is 4. The molecule has 4 heteroatoms. The first-order valence-electron chi connectivity index (χ1n) is 6.96. The van der Waals surface area contributed by atoms with Crippen molar-refractivity contribution >= 4 is 11.3 Å². The minimum atomic E-state index is 0.286. The Kier molecular flexibility index (Phi) is 4.23.